The molecule has 0 radical (unpaired) electrons. The van der Waals surface area contributed by atoms with E-state index in [-0.39, 0.29) is 11.2 Å². The Morgan fingerprint density at radius 3 is 1.85 bits per heavy atom. The number of nitrogens with zero attached hydrogens (tertiary/aromatic N) is 3. The Morgan fingerprint density at radius 1 is 0.485 bits per heavy atom. The number of aromatic nitrogens is 3. The fourth-order valence-corrected chi connectivity index (χ4v) is 9.23. The molecule has 0 saturated heterocycles. The van der Waals surface area contributed by atoms with Crippen LogP contribution in [0.2, 0.25) is 0 Å². The first kappa shape index (κ1) is 38.6. The minimum absolute atomic E-state index is 0.0370. The van der Waals surface area contributed by atoms with Gasteiger partial charge in [0.25, 0.3) is 0 Å². The highest BCUT2D eigenvalue weighted by molar-refractivity contribution is 5.99. The standard InChI is InChI=1S/C62H53N3O/c1-39-21-23-44(24-22-39)47-29-30-63-56(37-47)50-35-48(43-15-10-8-11-16-43)34-49(36-50)52-19-14-20-57-59(52)64-61(55-32-40(2)31-42(4)60(55)66)65(57)58-33-41(3)53(38-54(58)45-17-12-9-13-18-45)46-25-27-51(28-26-46)62(5,6)7/h8-38,66H,1-7H3/i1D3. The van der Waals surface area contributed by atoms with Gasteiger partial charge in [0, 0.05) is 27.0 Å². The van der Waals surface area contributed by atoms with Crippen LogP contribution in [-0.4, -0.2) is 19.6 Å². The summed E-state index contributed by atoms with van der Waals surface area (Å²) < 4.78 is 25.8. The smallest absolute Gasteiger partial charge is 0.149 e. The van der Waals surface area contributed by atoms with E-state index < -0.39 is 6.85 Å². The van der Waals surface area contributed by atoms with Gasteiger partial charge in [-0.3, -0.25) is 9.55 Å². The summed E-state index contributed by atoms with van der Waals surface area (Å²) >= 11 is 0. The summed E-state index contributed by atoms with van der Waals surface area (Å²) in [7, 11) is 0. The average Bonchev–Trinajstić information content (AvgIpc) is 3.74. The number of phenols is 1. The van der Waals surface area contributed by atoms with Crippen LogP contribution in [-0.2, 0) is 5.41 Å². The number of hydrogen-bond acceptors (Lipinski definition) is 3. The lowest BCUT2D eigenvalue weighted by Crippen LogP contribution is -2.10. The highest BCUT2D eigenvalue weighted by Crippen LogP contribution is 2.44. The SMILES string of the molecule is [2H]C([2H])([2H])c1ccc(-c2ccnc(-c3cc(-c4ccccc4)cc(-c4cccc5c4nc(-c4cc(C)cc(C)c4O)n5-c4cc(C)c(-c5ccc(C(C)(C)C)cc5)cc4-c4ccccc4)c3)c2)cc1. The molecule has 0 amide bonds. The van der Waals surface area contributed by atoms with Gasteiger partial charge in [-0.1, -0.05) is 154 Å². The van der Waals surface area contributed by atoms with Gasteiger partial charge in [0.2, 0.25) is 0 Å². The van der Waals surface area contributed by atoms with Crippen molar-refractivity contribution in [3.05, 3.63) is 216 Å². The van der Waals surface area contributed by atoms with Gasteiger partial charge in [0.05, 0.1) is 28.0 Å². The van der Waals surface area contributed by atoms with E-state index >= 15 is 0 Å². The molecule has 1 N–H and O–H groups in total. The molecule has 0 fully saturated rings. The molecule has 0 aliphatic rings. The second kappa shape index (κ2) is 17.0. The number of fused-ring (bicyclic) bond motifs is 1. The molecule has 0 aliphatic carbocycles. The molecule has 66 heavy (non-hydrogen) atoms. The van der Waals surface area contributed by atoms with Crippen LogP contribution in [0.3, 0.4) is 0 Å². The van der Waals surface area contributed by atoms with Crippen molar-refractivity contribution in [3.8, 4) is 89.7 Å². The van der Waals surface area contributed by atoms with Gasteiger partial charge in [-0.15, -0.1) is 0 Å². The number of phenolic OH excluding ortho intramolecular Hbond substituents is 1. The molecule has 0 aliphatic heterocycles. The van der Waals surface area contributed by atoms with Crippen LogP contribution in [0.1, 0.15) is 52.7 Å². The third kappa shape index (κ3) is 8.01. The number of para-hydroxylation sites is 1. The van der Waals surface area contributed by atoms with Crippen molar-refractivity contribution >= 4 is 11.0 Å². The zero-order valence-electron chi connectivity index (χ0n) is 41.2. The van der Waals surface area contributed by atoms with Crippen molar-refractivity contribution in [2.45, 2.75) is 53.8 Å². The molecule has 0 spiro atoms. The van der Waals surface area contributed by atoms with Crippen molar-refractivity contribution in [1.82, 2.24) is 14.5 Å². The van der Waals surface area contributed by atoms with Crippen LogP contribution < -0.4 is 0 Å². The summed E-state index contributed by atoms with van der Waals surface area (Å²) in [5.74, 6) is 0.832. The number of pyridine rings is 1. The normalized spacial score (nSPS) is 12.5. The predicted molar refractivity (Wildman–Crippen MR) is 276 cm³/mol. The maximum absolute atomic E-state index is 12.0. The van der Waals surface area contributed by atoms with E-state index in [9.17, 15) is 5.11 Å². The molecule has 2 aromatic heterocycles. The van der Waals surface area contributed by atoms with E-state index in [0.717, 1.165) is 100 Å². The fourth-order valence-electron chi connectivity index (χ4n) is 9.23. The Kier molecular flexibility index (Phi) is 9.92. The van der Waals surface area contributed by atoms with Gasteiger partial charge in [0.15, 0.2) is 0 Å². The first-order valence-electron chi connectivity index (χ1n) is 24.0. The highest BCUT2D eigenvalue weighted by atomic mass is 16.3. The number of hydrogen-bond donors (Lipinski definition) is 1. The first-order valence-corrected chi connectivity index (χ1v) is 22.5. The Bertz CT molecular complexity index is 3530. The van der Waals surface area contributed by atoms with Crippen molar-refractivity contribution < 1.29 is 9.22 Å². The first-order chi connectivity index (χ1) is 33.1. The summed E-state index contributed by atoms with van der Waals surface area (Å²) in [6.45, 7) is 10.7. The molecular formula is C62H53N3O. The number of benzene rings is 8. The van der Waals surface area contributed by atoms with E-state index in [1.165, 1.54) is 5.56 Å². The van der Waals surface area contributed by atoms with Gasteiger partial charge in [-0.25, -0.2) is 4.98 Å². The molecule has 10 rings (SSSR count). The number of aryl methyl sites for hydroxylation is 4. The highest BCUT2D eigenvalue weighted by Gasteiger charge is 2.25. The minimum atomic E-state index is -2.18. The third-order valence-corrected chi connectivity index (χ3v) is 12.7. The molecule has 0 saturated carbocycles. The van der Waals surface area contributed by atoms with E-state index in [4.69, 9.17) is 14.1 Å². The van der Waals surface area contributed by atoms with E-state index in [0.29, 0.717) is 17.0 Å². The summed E-state index contributed by atoms with van der Waals surface area (Å²) in [6.07, 6.45) is 1.81. The predicted octanol–water partition coefficient (Wildman–Crippen LogP) is 16.3. The van der Waals surface area contributed by atoms with Crippen LogP contribution in [0.5, 0.6) is 5.75 Å². The molecular weight excluding hydrogens is 803 g/mol. The van der Waals surface area contributed by atoms with Gasteiger partial charge < -0.3 is 5.11 Å². The topological polar surface area (TPSA) is 50.9 Å². The summed E-state index contributed by atoms with van der Waals surface area (Å²) in [5, 5.41) is 12.0. The van der Waals surface area contributed by atoms with Crippen molar-refractivity contribution in [1.29, 1.82) is 0 Å². The Hall–Kier alpha value is -7.82. The maximum Gasteiger partial charge on any atom is 0.149 e. The summed E-state index contributed by atoms with van der Waals surface area (Å²) in [6, 6.07) is 62.4. The maximum atomic E-state index is 12.0. The molecule has 0 atom stereocenters. The second-order valence-electron chi connectivity index (χ2n) is 18.5. The van der Waals surface area contributed by atoms with Crippen LogP contribution >= 0.6 is 0 Å². The number of aromatic hydroxyl groups is 1. The van der Waals surface area contributed by atoms with Gasteiger partial charge in [0.1, 0.15) is 11.6 Å². The zero-order chi connectivity index (χ0) is 48.2. The van der Waals surface area contributed by atoms with E-state index in [2.05, 4.69) is 154 Å². The monoisotopic (exact) mass is 858 g/mol. The number of rotatable bonds is 8. The Balaban J connectivity index is 1.21. The Labute approximate surface area is 392 Å². The third-order valence-electron chi connectivity index (χ3n) is 12.7. The average molecular weight is 859 g/mol. The molecule has 0 unspecified atom stereocenters. The van der Waals surface area contributed by atoms with Crippen LogP contribution in [0.4, 0.5) is 0 Å². The van der Waals surface area contributed by atoms with Gasteiger partial charge in [-0.05, 0) is 154 Å². The van der Waals surface area contributed by atoms with Crippen LogP contribution in [0, 0.1) is 27.6 Å². The van der Waals surface area contributed by atoms with Crippen LogP contribution in [0.15, 0.2) is 188 Å². The van der Waals surface area contributed by atoms with Crippen molar-refractivity contribution in [2.24, 2.45) is 0 Å². The second-order valence-corrected chi connectivity index (χ2v) is 18.5. The Morgan fingerprint density at radius 2 is 1.14 bits per heavy atom. The molecule has 10 aromatic rings. The summed E-state index contributed by atoms with van der Waals surface area (Å²) in [5.41, 5.74) is 19.7. The van der Waals surface area contributed by atoms with Gasteiger partial charge >= 0.3 is 0 Å². The zero-order valence-corrected chi connectivity index (χ0v) is 38.2. The van der Waals surface area contributed by atoms with Gasteiger partial charge in [-0.2, -0.15) is 0 Å². The molecule has 4 heteroatoms. The minimum Gasteiger partial charge on any atom is -0.507 e. The summed E-state index contributed by atoms with van der Waals surface area (Å²) in [4.78, 5) is 10.5. The lowest BCUT2D eigenvalue weighted by Gasteiger charge is -2.21. The lowest BCUT2D eigenvalue weighted by molar-refractivity contribution is 0.472. The fraction of sp³-hybridized carbons (Fsp3) is 0.129. The largest absolute Gasteiger partial charge is 0.507 e. The quantitative estimate of drug-likeness (QED) is 0.166. The molecule has 8 aromatic carbocycles. The van der Waals surface area contributed by atoms with Crippen molar-refractivity contribution in [3.63, 3.8) is 0 Å². The van der Waals surface area contributed by atoms with Crippen molar-refractivity contribution in [2.75, 3.05) is 0 Å². The van der Waals surface area contributed by atoms with E-state index in [1.807, 2.05) is 61.5 Å². The van der Waals surface area contributed by atoms with Crippen LogP contribution in [0.25, 0.3) is 95.0 Å². The molecule has 4 nitrogen and oxygen atoms in total. The van der Waals surface area contributed by atoms with E-state index in [1.54, 1.807) is 18.3 Å². The molecule has 322 valence electrons. The number of imidazole rings is 1. The molecule has 0 bridgehead atoms. The molecule has 2 heterocycles. The lowest BCUT2D eigenvalue weighted by atomic mass is 9.85.